The van der Waals surface area contributed by atoms with Crippen LogP contribution in [0.2, 0.25) is 0 Å². The molecule has 0 saturated carbocycles. The zero-order chi connectivity index (χ0) is 15.5. The van der Waals surface area contributed by atoms with Crippen LogP contribution in [0.5, 0.6) is 0 Å². The van der Waals surface area contributed by atoms with Crippen LogP contribution >= 0.6 is 0 Å². The Morgan fingerprint density at radius 2 is 1.86 bits per heavy atom. The average Bonchev–Trinajstić information content (AvgIpc) is 3.22. The summed E-state index contributed by atoms with van der Waals surface area (Å²) in [6.45, 7) is 4.09. The highest BCUT2D eigenvalue weighted by atomic mass is 16.2. The van der Waals surface area contributed by atoms with E-state index in [0.29, 0.717) is 0 Å². The van der Waals surface area contributed by atoms with Crippen molar-refractivity contribution in [3.8, 4) is 11.1 Å². The van der Waals surface area contributed by atoms with Gasteiger partial charge >= 0.3 is 6.03 Å². The Labute approximate surface area is 129 Å². The molecule has 0 saturated heterocycles. The van der Waals surface area contributed by atoms with Gasteiger partial charge in [0.1, 0.15) is 0 Å². The predicted octanol–water partition coefficient (Wildman–Crippen LogP) is 3.39. The van der Waals surface area contributed by atoms with Crippen LogP contribution in [0.4, 0.5) is 4.79 Å². The first-order valence-corrected chi connectivity index (χ1v) is 7.46. The third-order valence-corrected chi connectivity index (χ3v) is 3.67. The van der Waals surface area contributed by atoms with E-state index in [1.54, 1.807) is 18.5 Å². The topological polar surface area (TPSA) is 52.7 Å². The third kappa shape index (κ3) is 2.35. The van der Waals surface area contributed by atoms with Gasteiger partial charge in [-0.25, -0.2) is 4.79 Å². The van der Waals surface area contributed by atoms with Gasteiger partial charge in [0.15, 0.2) is 0 Å². The lowest BCUT2D eigenvalue weighted by Gasteiger charge is -2.07. The Morgan fingerprint density at radius 1 is 1.09 bits per heavy atom. The molecule has 0 aliphatic heterocycles. The summed E-state index contributed by atoms with van der Waals surface area (Å²) in [6, 6.07) is 11.6. The Morgan fingerprint density at radius 3 is 2.45 bits per heavy atom. The van der Waals surface area contributed by atoms with E-state index >= 15 is 0 Å². The number of hydrogen-bond donors (Lipinski definition) is 0. The molecule has 1 aromatic carbocycles. The number of benzene rings is 1. The molecule has 0 N–H and O–H groups in total. The van der Waals surface area contributed by atoms with Gasteiger partial charge in [0.25, 0.3) is 0 Å². The van der Waals surface area contributed by atoms with E-state index in [2.05, 4.69) is 29.3 Å². The second-order valence-electron chi connectivity index (χ2n) is 4.99. The highest BCUT2D eigenvalue weighted by molar-refractivity contribution is 5.81. The van der Waals surface area contributed by atoms with Gasteiger partial charge < -0.3 is 0 Å². The summed E-state index contributed by atoms with van der Waals surface area (Å²) in [5.41, 5.74) is 4.01. The van der Waals surface area contributed by atoms with Crippen molar-refractivity contribution in [3.05, 3.63) is 60.2 Å². The molecule has 5 heteroatoms. The molecule has 0 aliphatic carbocycles. The highest BCUT2D eigenvalue weighted by Crippen LogP contribution is 2.28. The number of carbonyl (C=O) groups is 1. The molecule has 0 fully saturated rings. The quantitative estimate of drug-likeness (QED) is 0.744. The first-order chi connectivity index (χ1) is 10.8. The van der Waals surface area contributed by atoms with Crippen LogP contribution in [0.15, 0.2) is 48.8 Å². The minimum atomic E-state index is -0.251. The molecule has 0 bridgehead atoms. The number of carbonyl (C=O) groups excluding carboxylic acids is 1. The Kier molecular flexibility index (Phi) is 3.87. The van der Waals surface area contributed by atoms with Crippen molar-refractivity contribution in [2.45, 2.75) is 26.7 Å². The average molecular weight is 294 g/mol. The van der Waals surface area contributed by atoms with Crippen LogP contribution in [-0.2, 0) is 12.8 Å². The Hall–Kier alpha value is -2.69. The van der Waals surface area contributed by atoms with Crippen molar-refractivity contribution >= 4 is 6.03 Å². The Bertz CT molecular complexity index is 773. The Balaban J connectivity index is 2.17. The summed E-state index contributed by atoms with van der Waals surface area (Å²) in [4.78, 5) is 12.6. The normalized spacial score (nSPS) is 10.8. The molecule has 0 aliphatic rings. The molecule has 2 aromatic heterocycles. The number of hydrogen-bond acceptors (Lipinski definition) is 3. The first kappa shape index (κ1) is 14.3. The molecule has 5 nitrogen and oxygen atoms in total. The van der Waals surface area contributed by atoms with Crippen molar-refractivity contribution in [3.63, 3.8) is 0 Å². The zero-order valence-electron chi connectivity index (χ0n) is 12.7. The van der Waals surface area contributed by atoms with E-state index in [4.69, 9.17) is 0 Å². The molecule has 2 heterocycles. The van der Waals surface area contributed by atoms with Crippen LogP contribution in [0.25, 0.3) is 11.1 Å². The van der Waals surface area contributed by atoms with Crippen LogP contribution in [0.1, 0.15) is 25.2 Å². The number of nitrogens with zero attached hydrogens (tertiary/aromatic N) is 4. The summed E-state index contributed by atoms with van der Waals surface area (Å²) in [5.74, 6) is 0. The summed E-state index contributed by atoms with van der Waals surface area (Å²) in [7, 11) is 0. The van der Waals surface area contributed by atoms with Crippen molar-refractivity contribution in [1.82, 2.24) is 19.6 Å². The predicted molar refractivity (Wildman–Crippen MR) is 84.8 cm³/mol. The zero-order valence-corrected chi connectivity index (χ0v) is 12.7. The monoisotopic (exact) mass is 294 g/mol. The molecule has 0 unspecified atom stereocenters. The van der Waals surface area contributed by atoms with Gasteiger partial charge in [0.2, 0.25) is 0 Å². The molecule has 0 spiro atoms. The van der Waals surface area contributed by atoms with E-state index < -0.39 is 0 Å². The maximum atomic E-state index is 12.6. The molecule has 22 heavy (non-hydrogen) atoms. The maximum absolute atomic E-state index is 12.6. The SMILES string of the molecule is CCc1nn(C(=O)n2cccn2)c(CC)c1-c1ccccc1. The van der Waals surface area contributed by atoms with Crippen LogP contribution in [0.3, 0.4) is 0 Å². The van der Waals surface area contributed by atoms with Crippen molar-refractivity contribution in [1.29, 1.82) is 0 Å². The van der Waals surface area contributed by atoms with Crippen molar-refractivity contribution < 1.29 is 4.79 Å². The van der Waals surface area contributed by atoms with Crippen LogP contribution in [0, 0.1) is 0 Å². The second kappa shape index (κ2) is 5.97. The van der Waals surface area contributed by atoms with Gasteiger partial charge in [-0.05, 0) is 24.5 Å². The summed E-state index contributed by atoms with van der Waals surface area (Å²) in [6.07, 6.45) is 4.73. The van der Waals surface area contributed by atoms with Gasteiger partial charge in [-0.2, -0.15) is 19.6 Å². The largest absolute Gasteiger partial charge is 0.369 e. The van der Waals surface area contributed by atoms with E-state index in [1.807, 2.05) is 25.1 Å². The lowest BCUT2D eigenvalue weighted by Crippen LogP contribution is -2.23. The van der Waals surface area contributed by atoms with Crippen LogP contribution < -0.4 is 0 Å². The number of aryl methyl sites for hydroxylation is 1. The molecule has 3 rings (SSSR count). The fraction of sp³-hybridized carbons (Fsp3) is 0.235. The van der Waals surface area contributed by atoms with Gasteiger partial charge in [-0.15, -0.1) is 0 Å². The van der Waals surface area contributed by atoms with E-state index in [9.17, 15) is 4.79 Å². The lowest BCUT2D eigenvalue weighted by atomic mass is 10.0. The lowest BCUT2D eigenvalue weighted by molar-refractivity contribution is 0.237. The molecule has 112 valence electrons. The fourth-order valence-electron chi connectivity index (χ4n) is 2.65. The number of rotatable bonds is 3. The summed E-state index contributed by atoms with van der Waals surface area (Å²) >= 11 is 0. The fourth-order valence-corrected chi connectivity index (χ4v) is 2.65. The molecule has 3 aromatic rings. The van der Waals surface area contributed by atoms with Gasteiger partial charge in [0.05, 0.1) is 11.4 Å². The van der Waals surface area contributed by atoms with Gasteiger partial charge in [-0.1, -0.05) is 44.2 Å². The first-order valence-electron chi connectivity index (χ1n) is 7.46. The van der Waals surface area contributed by atoms with Crippen LogP contribution in [-0.4, -0.2) is 25.6 Å². The van der Waals surface area contributed by atoms with Gasteiger partial charge in [0, 0.05) is 18.0 Å². The van der Waals surface area contributed by atoms with E-state index in [0.717, 1.165) is 35.4 Å². The number of aromatic nitrogens is 4. The minimum Gasteiger partial charge on any atom is -0.244 e. The summed E-state index contributed by atoms with van der Waals surface area (Å²) < 4.78 is 2.79. The summed E-state index contributed by atoms with van der Waals surface area (Å²) in [5, 5.41) is 8.55. The molecular formula is C17H18N4O. The molecular weight excluding hydrogens is 276 g/mol. The van der Waals surface area contributed by atoms with Gasteiger partial charge in [-0.3, -0.25) is 0 Å². The molecule has 0 radical (unpaired) electrons. The molecule has 0 atom stereocenters. The third-order valence-electron chi connectivity index (χ3n) is 3.67. The van der Waals surface area contributed by atoms with E-state index in [-0.39, 0.29) is 6.03 Å². The second-order valence-corrected chi connectivity index (χ2v) is 4.99. The van der Waals surface area contributed by atoms with Crippen molar-refractivity contribution in [2.24, 2.45) is 0 Å². The maximum Gasteiger partial charge on any atom is 0.369 e. The van der Waals surface area contributed by atoms with E-state index in [1.165, 1.54) is 9.36 Å². The highest BCUT2D eigenvalue weighted by Gasteiger charge is 2.21. The van der Waals surface area contributed by atoms with Crippen molar-refractivity contribution in [2.75, 3.05) is 0 Å². The minimum absolute atomic E-state index is 0.251. The smallest absolute Gasteiger partial charge is 0.244 e. The standard InChI is InChI=1S/C17H18N4O/c1-3-14-16(13-9-6-5-7-10-13)15(4-2)21(19-14)17(22)20-12-8-11-18-20/h5-12H,3-4H2,1-2H3. The molecule has 0 amide bonds.